The predicted molar refractivity (Wildman–Crippen MR) is 77.8 cm³/mol. The smallest absolute Gasteiger partial charge is 0.0458 e. The third-order valence-corrected chi connectivity index (χ3v) is 3.72. The van der Waals surface area contributed by atoms with E-state index in [9.17, 15) is 0 Å². The summed E-state index contributed by atoms with van der Waals surface area (Å²) in [5.41, 5.74) is 3.93. The molecule has 2 aromatic rings. The van der Waals surface area contributed by atoms with Crippen LogP contribution in [0.25, 0.3) is 0 Å². The Morgan fingerprint density at radius 3 is 2.61 bits per heavy atom. The van der Waals surface area contributed by atoms with Gasteiger partial charge in [0.25, 0.3) is 0 Å². The molecule has 0 atom stereocenters. The second kappa shape index (κ2) is 5.03. The molecule has 0 aliphatic carbocycles. The molecular weight excluding hydrogens is 242 g/mol. The Hall–Kier alpha value is -1.47. The fourth-order valence-corrected chi connectivity index (χ4v) is 2.75. The molecule has 2 heteroatoms. The van der Waals surface area contributed by atoms with Crippen molar-refractivity contribution in [3.8, 4) is 0 Å². The number of benzene rings is 2. The number of halogens is 1. The Balaban J connectivity index is 2.08. The second-order valence-electron chi connectivity index (χ2n) is 4.72. The largest absolute Gasteiger partial charge is 0.341 e. The minimum absolute atomic E-state index is 0.816. The maximum absolute atomic E-state index is 6.16. The number of anilines is 2. The van der Waals surface area contributed by atoms with Crippen LogP contribution in [-0.4, -0.2) is 6.54 Å². The number of nitrogens with zero attached hydrogens (tertiary/aromatic N) is 1. The molecule has 0 saturated heterocycles. The third kappa shape index (κ3) is 2.23. The van der Waals surface area contributed by atoms with Gasteiger partial charge in [0, 0.05) is 22.9 Å². The molecule has 1 aliphatic heterocycles. The first-order valence-corrected chi connectivity index (χ1v) is 6.83. The Morgan fingerprint density at radius 2 is 1.78 bits per heavy atom. The van der Waals surface area contributed by atoms with Crippen LogP contribution in [0.3, 0.4) is 0 Å². The Kier molecular flexibility index (Phi) is 3.24. The van der Waals surface area contributed by atoms with Crippen LogP contribution in [0.5, 0.6) is 0 Å². The normalized spacial score (nSPS) is 15.1. The number of rotatable bonds is 1. The van der Waals surface area contributed by atoms with E-state index in [2.05, 4.69) is 47.4 Å². The summed E-state index contributed by atoms with van der Waals surface area (Å²) in [5, 5.41) is 0.816. The zero-order valence-electron chi connectivity index (χ0n) is 10.3. The van der Waals surface area contributed by atoms with E-state index in [1.165, 1.54) is 29.8 Å². The molecule has 1 aliphatic rings. The topological polar surface area (TPSA) is 3.24 Å². The van der Waals surface area contributed by atoms with E-state index in [-0.39, 0.29) is 0 Å². The fourth-order valence-electron chi connectivity index (χ4n) is 2.58. The first-order valence-electron chi connectivity index (χ1n) is 6.45. The molecule has 0 spiro atoms. The lowest BCUT2D eigenvalue weighted by Crippen LogP contribution is -2.17. The van der Waals surface area contributed by atoms with Crippen molar-refractivity contribution in [2.45, 2.75) is 19.3 Å². The monoisotopic (exact) mass is 257 g/mol. The quantitative estimate of drug-likeness (QED) is 0.708. The second-order valence-corrected chi connectivity index (χ2v) is 5.15. The van der Waals surface area contributed by atoms with E-state index < -0.39 is 0 Å². The lowest BCUT2D eigenvalue weighted by molar-refractivity contribution is 0.761. The molecule has 0 saturated carbocycles. The maximum atomic E-state index is 6.16. The highest BCUT2D eigenvalue weighted by molar-refractivity contribution is 6.30. The molecule has 0 aromatic heterocycles. The van der Waals surface area contributed by atoms with Crippen molar-refractivity contribution >= 4 is 23.0 Å². The van der Waals surface area contributed by atoms with Crippen molar-refractivity contribution in [3.63, 3.8) is 0 Å². The Labute approximate surface area is 113 Å². The third-order valence-electron chi connectivity index (χ3n) is 3.48. The molecule has 0 amide bonds. The van der Waals surface area contributed by atoms with Gasteiger partial charge in [-0.2, -0.15) is 0 Å². The summed E-state index contributed by atoms with van der Waals surface area (Å²) in [4.78, 5) is 2.38. The molecule has 0 N–H and O–H groups in total. The van der Waals surface area contributed by atoms with Crippen molar-refractivity contribution in [1.82, 2.24) is 0 Å². The highest BCUT2D eigenvalue weighted by atomic mass is 35.5. The highest BCUT2D eigenvalue weighted by Crippen LogP contribution is 2.34. The summed E-state index contributed by atoms with van der Waals surface area (Å²) in [5.74, 6) is 0. The van der Waals surface area contributed by atoms with Gasteiger partial charge in [-0.15, -0.1) is 0 Å². The van der Waals surface area contributed by atoms with Crippen molar-refractivity contribution < 1.29 is 0 Å². The van der Waals surface area contributed by atoms with Crippen molar-refractivity contribution in [2.75, 3.05) is 11.4 Å². The van der Waals surface area contributed by atoms with E-state index in [0.29, 0.717) is 0 Å². The standard InChI is InChI=1S/C16H16ClN/c17-14-10-9-13-6-4-5-11-18(16(13)12-14)15-7-2-1-3-8-15/h1-3,7-10,12H,4-6,11H2. The summed E-state index contributed by atoms with van der Waals surface area (Å²) in [7, 11) is 0. The van der Waals surface area contributed by atoms with Gasteiger partial charge in [0.2, 0.25) is 0 Å². The van der Waals surface area contributed by atoms with Crippen LogP contribution < -0.4 is 4.90 Å². The summed E-state index contributed by atoms with van der Waals surface area (Å²) in [6.45, 7) is 1.07. The number of hydrogen-bond donors (Lipinski definition) is 0. The molecule has 1 heterocycles. The minimum Gasteiger partial charge on any atom is -0.341 e. The SMILES string of the molecule is Clc1ccc2c(c1)N(c1ccccc1)CCCC2. The molecule has 2 aromatic carbocycles. The van der Waals surface area contributed by atoms with E-state index in [4.69, 9.17) is 11.6 Å². The average Bonchev–Trinajstić information content (AvgIpc) is 2.61. The molecule has 0 radical (unpaired) electrons. The van der Waals surface area contributed by atoms with Crippen LogP contribution in [0.2, 0.25) is 5.02 Å². The summed E-state index contributed by atoms with van der Waals surface area (Å²) in [6, 6.07) is 16.8. The summed E-state index contributed by atoms with van der Waals surface area (Å²) >= 11 is 6.16. The van der Waals surface area contributed by atoms with Crippen LogP contribution in [0.1, 0.15) is 18.4 Å². The first kappa shape index (κ1) is 11.6. The molecule has 0 bridgehead atoms. The van der Waals surface area contributed by atoms with Crippen LogP contribution in [0.4, 0.5) is 11.4 Å². The molecule has 18 heavy (non-hydrogen) atoms. The lowest BCUT2D eigenvalue weighted by atomic mass is 10.1. The number of para-hydroxylation sites is 1. The van der Waals surface area contributed by atoms with E-state index in [1.807, 2.05) is 6.07 Å². The Bertz CT molecular complexity index is 536. The summed E-state index contributed by atoms with van der Waals surface area (Å²) < 4.78 is 0. The van der Waals surface area contributed by atoms with Crippen LogP contribution in [0.15, 0.2) is 48.5 Å². The van der Waals surface area contributed by atoms with E-state index >= 15 is 0 Å². The first-order chi connectivity index (χ1) is 8.84. The fraction of sp³-hybridized carbons (Fsp3) is 0.250. The number of fused-ring (bicyclic) bond motifs is 1. The lowest BCUT2D eigenvalue weighted by Gasteiger charge is -2.25. The van der Waals surface area contributed by atoms with Gasteiger partial charge in [0.05, 0.1) is 0 Å². The van der Waals surface area contributed by atoms with Crippen LogP contribution in [0, 0.1) is 0 Å². The van der Waals surface area contributed by atoms with Crippen LogP contribution >= 0.6 is 11.6 Å². The Morgan fingerprint density at radius 1 is 0.944 bits per heavy atom. The average molecular weight is 258 g/mol. The molecule has 0 fully saturated rings. The zero-order valence-corrected chi connectivity index (χ0v) is 11.0. The van der Waals surface area contributed by atoms with Gasteiger partial charge in [-0.1, -0.05) is 35.9 Å². The molecule has 92 valence electrons. The van der Waals surface area contributed by atoms with Crippen molar-refractivity contribution in [2.24, 2.45) is 0 Å². The summed E-state index contributed by atoms with van der Waals surface area (Å²) in [6.07, 6.45) is 3.62. The predicted octanol–water partition coefficient (Wildman–Crippen LogP) is 4.81. The van der Waals surface area contributed by atoms with Crippen molar-refractivity contribution in [1.29, 1.82) is 0 Å². The van der Waals surface area contributed by atoms with E-state index in [0.717, 1.165) is 18.0 Å². The van der Waals surface area contributed by atoms with Gasteiger partial charge in [-0.25, -0.2) is 0 Å². The van der Waals surface area contributed by atoms with Crippen molar-refractivity contribution in [3.05, 3.63) is 59.1 Å². The van der Waals surface area contributed by atoms with Gasteiger partial charge in [0.1, 0.15) is 0 Å². The van der Waals surface area contributed by atoms with Gasteiger partial charge in [0.15, 0.2) is 0 Å². The van der Waals surface area contributed by atoms with Gasteiger partial charge in [-0.05, 0) is 49.1 Å². The molecule has 1 nitrogen and oxygen atoms in total. The molecule has 3 rings (SSSR count). The molecular formula is C16H16ClN. The van der Waals surface area contributed by atoms with E-state index in [1.54, 1.807) is 0 Å². The van der Waals surface area contributed by atoms with Crippen LogP contribution in [-0.2, 0) is 6.42 Å². The number of aryl methyl sites for hydroxylation is 1. The highest BCUT2D eigenvalue weighted by Gasteiger charge is 2.16. The minimum atomic E-state index is 0.816. The number of hydrogen-bond acceptors (Lipinski definition) is 1. The maximum Gasteiger partial charge on any atom is 0.0458 e. The van der Waals surface area contributed by atoms with Gasteiger partial charge in [-0.3, -0.25) is 0 Å². The van der Waals surface area contributed by atoms with Gasteiger partial charge >= 0.3 is 0 Å². The van der Waals surface area contributed by atoms with Gasteiger partial charge < -0.3 is 4.90 Å². The molecule has 0 unspecified atom stereocenters. The zero-order chi connectivity index (χ0) is 12.4.